The highest BCUT2D eigenvalue weighted by Crippen LogP contribution is 2.17. The van der Waals surface area contributed by atoms with E-state index in [-0.39, 0.29) is 18.4 Å². The molecule has 2 N–H and O–H groups in total. The first-order valence-electron chi connectivity index (χ1n) is 9.60. The van der Waals surface area contributed by atoms with Crippen LogP contribution in [0.4, 0.5) is 0 Å². The topological polar surface area (TPSA) is 67.4 Å². The van der Waals surface area contributed by atoms with Gasteiger partial charge < -0.3 is 15.4 Å². The highest BCUT2D eigenvalue weighted by Gasteiger charge is 2.20. The van der Waals surface area contributed by atoms with Crippen LogP contribution in [0.15, 0.2) is 65.6 Å². The normalized spacial score (nSPS) is 11.5. The number of thioether (sulfide) groups is 2. The fraction of sp³-hybridized carbons (Fsp3) is 0.364. The highest BCUT2D eigenvalue weighted by atomic mass is 32.2. The number of hydrogen-bond acceptors (Lipinski definition) is 5. The van der Waals surface area contributed by atoms with E-state index >= 15 is 0 Å². The fourth-order valence-corrected chi connectivity index (χ4v) is 3.87. The van der Waals surface area contributed by atoms with Gasteiger partial charge in [-0.15, -0.1) is 11.8 Å². The van der Waals surface area contributed by atoms with E-state index in [1.807, 2.05) is 42.7 Å². The number of hydrogen-bond donors (Lipinski definition) is 2. The van der Waals surface area contributed by atoms with Gasteiger partial charge in [0.25, 0.3) is 5.91 Å². The zero-order valence-corrected chi connectivity index (χ0v) is 18.3. The first-order valence-corrected chi connectivity index (χ1v) is 12.0. The van der Waals surface area contributed by atoms with Gasteiger partial charge in [-0.05, 0) is 54.9 Å². The maximum atomic E-state index is 12.5. The molecule has 2 aromatic carbocycles. The molecule has 0 radical (unpaired) electrons. The van der Waals surface area contributed by atoms with E-state index in [4.69, 9.17) is 4.74 Å². The second-order valence-corrected chi connectivity index (χ2v) is 8.46. The van der Waals surface area contributed by atoms with E-state index in [1.165, 1.54) is 4.90 Å². The van der Waals surface area contributed by atoms with Crippen LogP contribution in [0, 0.1) is 0 Å². The van der Waals surface area contributed by atoms with Crippen LogP contribution in [-0.4, -0.2) is 48.8 Å². The molecule has 0 aliphatic rings. The zero-order valence-electron chi connectivity index (χ0n) is 16.6. The Balaban J connectivity index is 1.70. The van der Waals surface area contributed by atoms with E-state index in [2.05, 4.69) is 22.8 Å². The Morgan fingerprint density at radius 1 is 1.00 bits per heavy atom. The Labute approximate surface area is 181 Å². The van der Waals surface area contributed by atoms with Gasteiger partial charge in [0, 0.05) is 11.4 Å². The quantitative estimate of drug-likeness (QED) is 0.374. The van der Waals surface area contributed by atoms with Crippen molar-refractivity contribution in [1.82, 2.24) is 10.6 Å². The summed E-state index contributed by atoms with van der Waals surface area (Å²) in [6, 6.07) is 18.8. The van der Waals surface area contributed by atoms with Gasteiger partial charge in [0.1, 0.15) is 11.8 Å². The largest absolute Gasteiger partial charge is 0.484 e. The van der Waals surface area contributed by atoms with Crippen LogP contribution in [0.2, 0.25) is 0 Å². The third kappa shape index (κ3) is 9.76. The van der Waals surface area contributed by atoms with E-state index < -0.39 is 6.04 Å². The summed E-state index contributed by atoms with van der Waals surface area (Å²) in [6.07, 6.45) is 3.44. The van der Waals surface area contributed by atoms with Crippen LogP contribution in [-0.2, 0) is 9.59 Å². The molecule has 29 heavy (non-hydrogen) atoms. The molecule has 0 saturated carbocycles. The summed E-state index contributed by atoms with van der Waals surface area (Å²) in [5, 5.41) is 5.73. The van der Waals surface area contributed by atoms with Crippen molar-refractivity contribution in [2.75, 3.05) is 30.9 Å². The second-order valence-electron chi connectivity index (χ2n) is 6.31. The zero-order chi connectivity index (χ0) is 20.7. The summed E-state index contributed by atoms with van der Waals surface area (Å²) in [5.41, 5.74) is 0. The molecule has 1 unspecified atom stereocenters. The first kappa shape index (κ1) is 23.2. The van der Waals surface area contributed by atoms with Crippen molar-refractivity contribution in [3.05, 3.63) is 60.7 Å². The molecular formula is C22H28N2O3S2. The van der Waals surface area contributed by atoms with Gasteiger partial charge in [0.2, 0.25) is 5.91 Å². The van der Waals surface area contributed by atoms with Gasteiger partial charge >= 0.3 is 0 Å². The van der Waals surface area contributed by atoms with E-state index in [0.717, 1.165) is 17.9 Å². The number of carbonyl (C=O) groups is 2. The monoisotopic (exact) mass is 432 g/mol. The van der Waals surface area contributed by atoms with Gasteiger partial charge in [-0.1, -0.05) is 36.4 Å². The van der Waals surface area contributed by atoms with Crippen molar-refractivity contribution < 1.29 is 14.3 Å². The maximum absolute atomic E-state index is 12.5. The van der Waals surface area contributed by atoms with Gasteiger partial charge in [0.15, 0.2) is 6.61 Å². The molecule has 2 aromatic rings. The van der Waals surface area contributed by atoms with Crippen LogP contribution in [0.1, 0.15) is 12.8 Å². The Morgan fingerprint density at radius 2 is 1.69 bits per heavy atom. The van der Waals surface area contributed by atoms with E-state index in [1.54, 1.807) is 35.7 Å². The van der Waals surface area contributed by atoms with Crippen molar-refractivity contribution in [3.63, 3.8) is 0 Å². The molecule has 5 nitrogen and oxygen atoms in total. The smallest absolute Gasteiger partial charge is 0.258 e. The number of nitrogens with one attached hydrogen (secondary N) is 2. The predicted octanol–water partition coefficient (Wildman–Crippen LogP) is 3.60. The number of carbonyl (C=O) groups excluding carboxylic acids is 2. The molecule has 156 valence electrons. The van der Waals surface area contributed by atoms with Crippen LogP contribution in [0.3, 0.4) is 0 Å². The lowest BCUT2D eigenvalue weighted by molar-refractivity contribution is -0.130. The van der Waals surface area contributed by atoms with Crippen molar-refractivity contribution in [2.45, 2.75) is 23.8 Å². The molecule has 0 saturated heterocycles. The molecule has 0 fully saturated rings. The third-order valence-corrected chi connectivity index (χ3v) is 5.75. The second kappa shape index (κ2) is 14.0. The summed E-state index contributed by atoms with van der Waals surface area (Å²) < 4.78 is 5.46. The number of rotatable bonds is 13. The number of para-hydroxylation sites is 1. The molecule has 0 bridgehead atoms. The number of amides is 2. The molecule has 2 amide bonds. The highest BCUT2D eigenvalue weighted by molar-refractivity contribution is 7.99. The van der Waals surface area contributed by atoms with Gasteiger partial charge in [-0.25, -0.2) is 0 Å². The van der Waals surface area contributed by atoms with Crippen molar-refractivity contribution in [3.8, 4) is 5.75 Å². The molecule has 0 aliphatic heterocycles. The van der Waals surface area contributed by atoms with Crippen LogP contribution in [0.5, 0.6) is 5.75 Å². The summed E-state index contributed by atoms with van der Waals surface area (Å²) in [5.74, 6) is 1.91. The average Bonchev–Trinajstić information content (AvgIpc) is 2.76. The molecule has 7 heteroatoms. The fourth-order valence-electron chi connectivity index (χ4n) is 2.52. The van der Waals surface area contributed by atoms with Gasteiger partial charge in [0.05, 0.1) is 0 Å². The summed E-state index contributed by atoms with van der Waals surface area (Å²) in [6.45, 7) is 0.478. The SMILES string of the molecule is CSCCC(NC(=O)COc1ccccc1)C(=O)NCCCSc1ccccc1. The lowest BCUT2D eigenvalue weighted by atomic mass is 10.2. The van der Waals surface area contributed by atoms with Gasteiger partial charge in [-0.3, -0.25) is 9.59 Å². The standard InChI is InChI=1S/C22H28N2O3S2/c1-28-16-13-20(24-21(25)17-27-18-9-4-2-5-10-18)22(26)23-14-8-15-29-19-11-6-3-7-12-19/h2-7,9-12,20H,8,13-17H2,1H3,(H,23,26)(H,24,25). The lowest BCUT2D eigenvalue weighted by Gasteiger charge is -2.18. The lowest BCUT2D eigenvalue weighted by Crippen LogP contribution is -2.48. The minimum absolute atomic E-state index is 0.110. The number of ether oxygens (including phenoxy) is 1. The maximum Gasteiger partial charge on any atom is 0.258 e. The molecule has 0 spiro atoms. The number of benzene rings is 2. The van der Waals surface area contributed by atoms with Crippen LogP contribution < -0.4 is 15.4 Å². The third-order valence-electron chi connectivity index (χ3n) is 4.01. The minimum Gasteiger partial charge on any atom is -0.484 e. The van der Waals surface area contributed by atoms with Crippen molar-refractivity contribution >= 4 is 35.3 Å². The van der Waals surface area contributed by atoms with Crippen molar-refractivity contribution in [2.24, 2.45) is 0 Å². The predicted molar refractivity (Wildman–Crippen MR) is 122 cm³/mol. The summed E-state index contributed by atoms with van der Waals surface area (Å²) in [4.78, 5) is 25.9. The minimum atomic E-state index is -0.545. The van der Waals surface area contributed by atoms with Gasteiger partial charge in [-0.2, -0.15) is 11.8 Å². The van der Waals surface area contributed by atoms with Crippen LogP contribution in [0.25, 0.3) is 0 Å². The molecule has 0 heterocycles. The molecular weight excluding hydrogens is 404 g/mol. The Bertz CT molecular complexity index is 729. The molecule has 0 aromatic heterocycles. The molecule has 0 aliphatic carbocycles. The Hall–Kier alpha value is -2.12. The van der Waals surface area contributed by atoms with Crippen LogP contribution >= 0.6 is 23.5 Å². The van der Waals surface area contributed by atoms with E-state index in [0.29, 0.717) is 18.7 Å². The average molecular weight is 433 g/mol. The Morgan fingerprint density at radius 3 is 2.38 bits per heavy atom. The van der Waals surface area contributed by atoms with Crippen molar-refractivity contribution in [1.29, 1.82) is 0 Å². The molecule has 2 rings (SSSR count). The summed E-state index contributed by atoms with van der Waals surface area (Å²) in [7, 11) is 0. The first-order chi connectivity index (χ1) is 14.2. The molecule has 1 atom stereocenters. The Kier molecular flexibility index (Phi) is 11.1. The van der Waals surface area contributed by atoms with E-state index in [9.17, 15) is 9.59 Å². The summed E-state index contributed by atoms with van der Waals surface area (Å²) >= 11 is 3.42.